The summed E-state index contributed by atoms with van der Waals surface area (Å²) in [6.07, 6.45) is 4.76. The van der Waals surface area contributed by atoms with E-state index in [9.17, 15) is 9.59 Å². The lowest BCUT2D eigenvalue weighted by atomic mass is 10.0. The lowest BCUT2D eigenvalue weighted by Gasteiger charge is -2.33. The predicted octanol–water partition coefficient (Wildman–Crippen LogP) is 3.91. The van der Waals surface area contributed by atoms with E-state index in [1.54, 1.807) is 16.0 Å². The second kappa shape index (κ2) is 7.85. The molecule has 1 aromatic rings. The molecular weight excluding hydrogens is 318 g/mol. The first kappa shape index (κ1) is 19.2. The molecule has 1 fully saturated rings. The average Bonchev–Trinajstić information content (AvgIpc) is 3.02. The minimum atomic E-state index is -0.583. The third-order valence-electron chi connectivity index (χ3n) is 4.46. The predicted molar refractivity (Wildman–Crippen MR) is 97.4 cm³/mol. The highest BCUT2D eigenvalue weighted by molar-refractivity contribution is 5.88. The highest BCUT2D eigenvalue weighted by Crippen LogP contribution is 2.36. The number of carbonyl (C=O) groups excluding carboxylic acids is 2. The summed E-state index contributed by atoms with van der Waals surface area (Å²) < 4.78 is 5.61. The van der Waals surface area contributed by atoms with Crippen molar-refractivity contribution in [2.75, 3.05) is 11.4 Å². The van der Waals surface area contributed by atoms with Gasteiger partial charge in [0.25, 0.3) is 0 Å². The third-order valence-corrected chi connectivity index (χ3v) is 4.46. The van der Waals surface area contributed by atoms with Gasteiger partial charge in [-0.05, 0) is 53.0 Å². The zero-order valence-corrected chi connectivity index (χ0v) is 15.9. The van der Waals surface area contributed by atoms with Crippen LogP contribution in [0, 0.1) is 0 Å². The standard InChI is InChI=1S/C19H29N3O3/c1-6-14(2)22(18(24)25-19(3,4)5)17-15(9-7-11-20-17)16-10-8-12-21(16)13-23/h7,9,11,13-14,16H,6,8,10,12H2,1-5H3. The maximum absolute atomic E-state index is 12.9. The molecule has 25 heavy (non-hydrogen) atoms. The van der Waals surface area contributed by atoms with E-state index in [2.05, 4.69) is 4.98 Å². The van der Waals surface area contributed by atoms with Crippen LogP contribution in [0.15, 0.2) is 18.3 Å². The largest absolute Gasteiger partial charge is 0.443 e. The number of pyridine rings is 1. The van der Waals surface area contributed by atoms with E-state index in [0.29, 0.717) is 5.82 Å². The second-order valence-electron chi connectivity index (χ2n) is 7.53. The van der Waals surface area contributed by atoms with Crippen LogP contribution in [0.3, 0.4) is 0 Å². The molecule has 1 saturated heterocycles. The van der Waals surface area contributed by atoms with Crippen molar-refractivity contribution in [1.29, 1.82) is 0 Å². The second-order valence-corrected chi connectivity index (χ2v) is 7.53. The fraction of sp³-hybridized carbons (Fsp3) is 0.632. The van der Waals surface area contributed by atoms with E-state index in [-0.39, 0.29) is 12.1 Å². The SMILES string of the molecule is CCC(C)N(C(=O)OC(C)(C)C)c1ncccc1C1CCCN1C=O. The molecular formula is C19H29N3O3. The van der Waals surface area contributed by atoms with Crippen molar-refractivity contribution in [1.82, 2.24) is 9.88 Å². The molecule has 138 valence electrons. The number of anilines is 1. The Labute approximate surface area is 150 Å². The number of carbonyl (C=O) groups is 2. The Balaban J connectivity index is 2.44. The number of rotatable bonds is 5. The molecule has 6 nitrogen and oxygen atoms in total. The van der Waals surface area contributed by atoms with Crippen molar-refractivity contribution in [3.8, 4) is 0 Å². The van der Waals surface area contributed by atoms with Crippen LogP contribution < -0.4 is 4.90 Å². The topological polar surface area (TPSA) is 62.7 Å². The van der Waals surface area contributed by atoms with Crippen molar-refractivity contribution < 1.29 is 14.3 Å². The molecule has 0 N–H and O–H groups in total. The Morgan fingerprint density at radius 3 is 2.84 bits per heavy atom. The minimum absolute atomic E-state index is 0.0461. The molecule has 6 heteroatoms. The molecule has 2 amide bonds. The summed E-state index contributed by atoms with van der Waals surface area (Å²) in [4.78, 5) is 32.1. The lowest BCUT2D eigenvalue weighted by Crippen LogP contribution is -2.43. The molecule has 0 spiro atoms. The van der Waals surface area contributed by atoms with Crippen molar-refractivity contribution >= 4 is 18.3 Å². The van der Waals surface area contributed by atoms with Gasteiger partial charge in [0.2, 0.25) is 6.41 Å². The van der Waals surface area contributed by atoms with E-state index >= 15 is 0 Å². The lowest BCUT2D eigenvalue weighted by molar-refractivity contribution is -0.118. The van der Waals surface area contributed by atoms with Crippen molar-refractivity contribution in [3.63, 3.8) is 0 Å². The first-order chi connectivity index (χ1) is 11.8. The molecule has 0 bridgehead atoms. The van der Waals surface area contributed by atoms with Gasteiger partial charge >= 0.3 is 6.09 Å². The molecule has 2 heterocycles. The quantitative estimate of drug-likeness (QED) is 0.758. The van der Waals surface area contributed by atoms with E-state index in [0.717, 1.165) is 37.8 Å². The summed E-state index contributed by atoms with van der Waals surface area (Å²) in [5.41, 5.74) is 0.318. The smallest absolute Gasteiger partial charge is 0.416 e. The fourth-order valence-electron chi connectivity index (χ4n) is 3.09. The van der Waals surface area contributed by atoms with Gasteiger partial charge < -0.3 is 9.64 Å². The van der Waals surface area contributed by atoms with E-state index in [1.807, 2.05) is 46.8 Å². The van der Waals surface area contributed by atoms with Gasteiger partial charge in [-0.15, -0.1) is 0 Å². The van der Waals surface area contributed by atoms with Gasteiger partial charge in [0, 0.05) is 24.3 Å². The van der Waals surface area contributed by atoms with Crippen molar-refractivity contribution in [2.45, 2.75) is 71.6 Å². The number of amides is 2. The first-order valence-electron chi connectivity index (χ1n) is 8.96. The number of likely N-dealkylation sites (tertiary alicyclic amines) is 1. The molecule has 0 aromatic carbocycles. The Hall–Kier alpha value is -2.11. The van der Waals surface area contributed by atoms with Crippen LogP contribution in [0.5, 0.6) is 0 Å². The summed E-state index contributed by atoms with van der Waals surface area (Å²) in [5, 5.41) is 0. The summed E-state index contributed by atoms with van der Waals surface area (Å²) in [7, 11) is 0. The van der Waals surface area contributed by atoms with Crippen molar-refractivity contribution in [2.24, 2.45) is 0 Å². The molecule has 2 unspecified atom stereocenters. The Kier molecular flexibility index (Phi) is 6.03. The van der Waals surface area contributed by atoms with E-state index in [4.69, 9.17) is 4.74 Å². The van der Waals surface area contributed by atoms with Crippen LogP contribution >= 0.6 is 0 Å². The van der Waals surface area contributed by atoms with Crippen LogP contribution in [0.25, 0.3) is 0 Å². The minimum Gasteiger partial charge on any atom is -0.443 e. The van der Waals surface area contributed by atoms with Crippen LogP contribution in [0.1, 0.15) is 65.5 Å². The summed E-state index contributed by atoms with van der Waals surface area (Å²) in [6.45, 7) is 10.3. The van der Waals surface area contributed by atoms with Crippen LogP contribution in [0.2, 0.25) is 0 Å². The number of hydrogen-bond acceptors (Lipinski definition) is 4. The summed E-state index contributed by atoms with van der Waals surface area (Å²) in [5.74, 6) is 0.588. The zero-order valence-electron chi connectivity index (χ0n) is 15.9. The Morgan fingerprint density at radius 2 is 2.24 bits per heavy atom. The van der Waals surface area contributed by atoms with Gasteiger partial charge in [0.15, 0.2) is 0 Å². The van der Waals surface area contributed by atoms with Gasteiger partial charge in [-0.2, -0.15) is 0 Å². The van der Waals surface area contributed by atoms with Crippen LogP contribution in [-0.2, 0) is 9.53 Å². The van der Waals surface area contributed by atoms with Gasteiger partial charge in [-0.25, -0.2) is 9.78 Å². The molecule has 0 radical (unpaired) electrons. The van der Waals surface area contributed by atoms with Crippen LogP contribution in [0.4, 0.5) is 10.6 Å². The molecule has 2 atom stereocenters. The number of hydrogen-bond donors (Lipinski definition) is 0. The highest BCUT2D eigenvalue weighted by Gasteiger charge is 2.33. The van der Waals surface area contributed by atoms with E-state index < -0.39 is 11.7 Å². The van der Waals surface area contributed by atoms with Gasteiger partial charge in [0.1, 0.15) is 11.4 Å². The highest BCUT2D eigenvalue weighted by atomic mass is 16.6. The number of ether oxygens (including phenoxy) is 1. The van der Waals surface area contributed by atoms with Crippen LogP contribution in [-0.4, -0.2) is 40.6 Å². The summed E-state index contributed by atoms with van der Waals surface area (Å²) >= 11 is 0. The van der Waals surface area contributed by atoms with E-state index in [1.165, 1.54) is 0 Å². The van der Waals surface area contributed by atoms with Crippen molar-refractivity contribution in [3.05, 3.63) is 23.9 Å². The van der Waals surface area contributed by atoms with Gasteiger partial charge in [0.05, 0.1) is 6.04 Å². The molecule has 1 aromatic heterocycles. The first-order valence-corrected chi connectivity index (χ1v) is 8.96. The number of aromatic nitrogens is 1. The van der Waals surface area contributed by atoms with Gasteiger partial charge in [-0.1, -0.05) is 13.0 Å². The Bertz CT molecular complexity index is 612. The monoisotopic (exact) mass is 347 g/mol. The van der Waals surface area contributed by atoms with Gasteiger partial charge in [-0.3, -0.25) is 9.69 Å². The fourth-order valence-corrected chi connectivity index (χ4v) is 3.09. The molecule has 1 aliphatic heterocycles. The molecule has 0 aliphatic carbocycles. The normalized spacial score (nSPS) is 18.8. The Morgan fingerprint density at radius 1 is 1.52 bits per heavy atom. The average molecular weight is 347 g/mol. The molecule has 0 saturated carbocycles. The summed E-state index contributed by atoms with van der Waals surface area (Å²) in [6, 6.07) is 3.70. The molecule has 1 aliphatic rings. The zero-order chi connectivity index (χ0) is 18.6. The number of nitrogens with zero attached hydrogens (tertiary/aromatic N) is 3. The molecule has 2 rings (SSSR count). The maximum Gasteiger partial charge on any atom is 0.416 e. The third kappa shape index (κ3) is 4.50. The maximum atomic E-state index is 12.9.